The Morgan fingerprint density at radius 1 is 1.10 bits per heavy atom. The number of hydrogen-bond donors (Lipinski definition) is 0. The smallest absolute Gasteiger partial charge is 0.299 e. The lowest BCUT2D eigenvalue weighted by molar-refractivity contribution is -0.114. The second kappa shape index (κ2) is 5.44. The second-order valence-electron chi connectivity index (χ2n) is 4.59. The molecule has 0 N–H and O–H groups in total. The summed E-state index contributed by atoms with van der Waals surface area (Å²) in [6.07, 6.45) is 0. The number of benzene rings is 2. The maximum Gasteiger partial charge on any atom is 0.299 e. The van der Waals surface area contributed by atoms with E-state index in [0.29, 0.717) is 26.9 Å². The molecule has 3 nitrogen and oxygen atoms in total. The Morgan fingerprint density at radius 3 is 2.62 bits per heavy atom. The number of carbonyl (C=O) groups is 2. The molecule has 0 bridgehead atoms. The Balaban J connectivity index is 2.03. The zero-order chi connectivity index (χ0) is 15.1. The van der Waals surface area contributed by atoms with E-state index in [-0.39, 0.29) is 6.54 Å². The Hall–Kier alpha value is -1.36. The molecule has 0 saturated carbocycles. The zero-order valence-electron chi connectivity index (χ0n) is 10.6. The number of rotatable bonds is 2. The highest BCUT2D eigenvalue weighted by atomic mass is 79.9. The number of fused-ring (bicyclic) bond motifs is 1. The predicted octanol–water partition coefficient (Wildman–Crippen LogP) is 4.49. The summed E-state index contributed by atoms with van der Waals surface area (Å²) in [5.41, 5.74) is 1.68. The number of halogens is 3. The molecule has 1 amide bonds. The summed E-state index contributed by atoms with van der Waals surface area (Å²) < 4.78 is 0.755. The first kappa shape index (κ1) is 14.6. The van der Waals surface area contributed by atoms with Crippen LogP contribution in [0.2, 0.25) is 10.0 Å². The molecule has 2 aromatic rings. The van der Waals surface area contributed by atoms with E-state index in [1.807, 2.05) is 0 Å². The minimum Gasteiger partial charge on any atom is -0.300 e. The van der Waals surface area contributed by atoms with Crippen molar-refractivity contribution in [3.8, 4) is 0 Å². The molecule has 0 saturated heterocycles. The summed E-state index contributed by atoms with van der Waals surface area (Å²) in [5.74, 6) is -1.07. The van der Waals surface area contributed by atoms with Crippen LogP contribution in [0.25, 0.3) is 0 Å². The fourth-order valence-electron chi connectivity index (χ4n) is 2.27. The van der Waals surface area contributed by atoms with Crippen LogP contribution in [0.5, 0.6) is 0 Å². The lowest BCUT2D eigenvalue weighted by Crippen LogP contribution is -2.29. The minimum absolute atomic E-state index is 0.207. The van der Waals surface area contributed by atoms with Crippen molar-refractivity contribution in [2.24, 2.45) is 0 Å². The fourth-order valence-corrected chi connectivity index (χ4v) is 3.01. The van der Waals surface area contributed by atoms with E-state index in [0.717, 1.165) is 4.47 Å². The molecule has 0 aliphatic carbocycles. The normalized spacial score (nSPS) is 13.8. The van der Waals surface area contributed by atoms with Crippen molar-refractivity contribution in [2.75, 3.05) is 4.90 Å². The van der Waals surface area contributed by atoms with Gasteiger partial charge in [-0.1, -0.05) is 51.3 Å². The zero-order valence-corrected chi connectivity index (χ0v) is 13.7. The van der Waals surface area contributed by atoms with Gasteiger partial charge in [0.25, 0.3) is 11.7 Å². The van der Waals surface area contributed by atoms with Gasteiger partial charge in [-0.2, -0.15) is 0 Å². The SMILES string of the molecule is O=C1C(=O)N(Cc2cccc(Cl)c2Cl)c2ccc(Br)cc21. The molecule has 1 heterocycles. The van der Waals surface area contributed by atoms with E-state index < -0.39 is 11.7 Å². The Labute approximate surface area is 139 Å². The predicted molar refractivity (Wildman–Crippen MR) is 86.1 cm³/mol. The van der Waals surface area contributed by atoms with E-state index in [9.17, 15) is 9.59 Å². The molecule has 0 fully saturated rings. The quantitative estimate of drug-likeness (QED) is 0.715. The van der Waals surface area contributed by atoms with Crippen LogP contribution in [-0.4, -0.2) is 11.7 Å². The summed E-state index contributed by atoms with van der Waals surface area (Å²) in [5, 5.41) is 0.813. The van der Waals surface area contributed by atoms with Gasteiger partial charge in [0.15, 0.2) is 0 Å². The summed E-state index contributed by atoms with van der Waals surface area (Å²) in [6.45, 7) is 0.207. The molecule has 106 valence electrons. The van der Waals surface area contributed by atoms with Crippen molar-refractivity contribution >= 4 is 56.5 Å². The van der Waals surface area contributed by atoms with Gasteiger partial charge in [-0.15, -0.1) is 0 Å². The fraction of sp³-hybridized carbons (Fsp3) is 0.0667. The maximum atomic E-state index is 12.2. The lowest BCUT2D eigenvalue weighted by Gasteiger charge is -2.17. The molecule has 3 rings (SSSR count). The van der Waals surface area contributed by atoms with Crippen molar-refractivity contribution in [3.05, 3.63) is 62.0 Å². The Bertz CT molecular complexity index is 776. The van der Waals surface area contributed by atoms with Crippen LogP contribution in [0.4, 0.5) is 5.69 Å². The average molecular weight is 385 g/mol. The highest BCUT2D eigenvalue weighted by molar-refractivity contribution is 9.10. The van der Waals surface area contributed by atoms with Gasteiger partial charge in [0.2, 0.25) is 0 Å². The number of nitrogens with zero attached hydrogens (tertiary/aromatic N) is 1. The van der Waals surface area contributed by atoms with Crippen molar-refractivity contribution in [1.82, 2.24) is 0 Å². The molecule has 2 aromatic carbocycles. The first-order valence-electron chi connectivity index (χ1n) is 6.07. The van der Waals surface area contributed by atoms with Crippen molar-refractivity contribution in [1.29, 1.82) is 0 Å². The van der Waals surface area contributed by atoms with Crippen LogP contribution in [0.15, 0.2) is 40.9 Å². The van der Waals surface area contributed by atoms with Crippen LogP contribution < -0.4 is 4.90 Å². The van der Waals surface area contributed by atoms with E-state index in [1.54, 1.807) is 36.4 Å². The minimum atomic E-state index is -0.556. The standard InChI is InChI=1S/C15H8BrCl2NO2/c16-9-4-5-12-10(6-9)14(20)15(21)19(12)7-8-2-1-3-11(17)13(8)18/h1-6H,7H2. The molecular weight excluding hydrogens is 377 g/mol. The monoisotopic (exact) mass is 383 g/mol. The third kappa shape index (κ3) is 2.48. The van der Waals surface area contributed by atoms with E-state index >= 15 is 0 Å². The van der Waals surface area contributed by atoms with Gasteiger partial charge in [-0.25, -0.2) is 0 Å². The number of ketones is 1. The van der Waals surface area contributed by atoms with E-state index in [1.165, 1.54) is 4.90 Å². The summed E-state index contributed by atoms with van der Waals surface area (Å²) in [4.78, 5) is 25.6. The van der Waals surface area contributed by atoms with Gasteiger partial charge in [0.1, 0.15) is 0 Å². The largest absolute Gasteiger partial charge is 0.300 e. The van der Waals surface area contributed by atoms with Gasteiger partial charge in [0.05, 0.1) is 27.8 Å². The highest BCUT2D eigenvalue weighted by Crippen LogP contribution is 2.34. The van der Waals surface area contributed by atoms with E-state index in [2.05, 4.69) is 15.9 Å². The summed E-state index contributed by atoms with van der Waals surface area (Å²) in [7, 11) is 0. The van der Waals surface area contributed by atoms with Gasteiger partial charge < -0.3 is 4.90 Å². The van der Waals surface area contributed by atoms with Crippen LogP contribution >= 0.6 is 39.1 Å². The number of amides is 1. The van der Waals surface area contributed by atoms with Crippen LogP contribution in [-0.2, 0) is 11.3 Å². The van der Waals surface area contributed by atoms with Crippen molar-refractivity contribution < 1.29 is 9.59 Å². The Kier molecular flexibility index (Phi) is 3.78. The molecule has 0 unspecified atom stereocenters. The third-order valence-corrected chi connectivity index (χ3v) is 4.64. The van der Waals surface area contributed by atoms with Crippen LogP contribution in [0.1, 0.15) is 15.9 Å². The lowest BCUT2D eigenvalue weighted by atomic mass is 10.1. The highest BCUT2D eigenvalue weighted by Gasteiger charge is 2.36. The van der Waals surface area contributed by atoms with Gasteiger partial charge in [-0.3, -0.25) is 9.59 Å². The van der Waals surface area contributed by atoms with Gasteiger partial charge in [0, 0.05) is 4.47 Å². The number of hydrogen-bond acceptors (Lipinski definition) is 2. The van der Waals surface area contributed by atoms with Gasteiger partial charge >= 0.3 is 0 Å². The van der Waals surface area contributed by atoms with Crippen molar-refractivity contribution in [2.45, 2.75) is 6.54 Å². The van der Waals surface area contributed by atoms with E-state index in [4.69, 9.17) is 23.2 Å². The molecule has 0 atom stereocenters. The molecule has 0 spiro atoms. The molecule has 21 heavy (non-hydrogen) atoms. The Morgan fingerprint density at radius 2 is 1.86 bits per heavy atom. The topological polar surface area (TPSA) is 37.4 Å². The van der Waals surface area contributed by atoms with Gasteiger partial charge in [-0.05, 0) is 29.8 Å². The number of Topliss-reactive ketones (excluding diaryl/α,β-unsaturated/α-hetero) is 1. The first-order chi connectivity index (χ1) is 9.99. The third-order valence-electron chi connectivity index (χ3n) is 3.29. The van der Waals surface area contributed by atoms with Crippen LogP contribution in [0.3, 0.4) is 0 Å². The molecule has 0 aromatic heterocycles. The van der Waals surface area contributed by atoms with Crippen LogP contribution in [0, 0.1) is 0 Å². The average Bonchev–Trinajstić information content (AvgIpc) is 2.69. The molecule has 0 radical (unpaired) electrons. The summed E-state index contributed by atoms with van der Waals surface area (Å²) in [6, 6.07) is 10.4. The molecule has 6 heteroatoms. The summed E-state index contributed by atoms with van der Waals surface area (Å²) >= 11 is 15.4. The maximum absolute atomic E-state index is 12.2. The molecular formula is C15H8BrCl2NO2. The number of anilines is 1. The van der Waals surface area contributed by atoms with Crippen molar-refractivity contribution in [3.63, 3.8) is 0 Å². The second-order valence-corrected chi connectivity index (χ2v) is 6.30. The number of carbonyl (C=O) groups excluding carboxylic acids is 2. The molecule has 1 aliphatic rings. The molecule has 1 aliphatic heterocycles. The first-order valence-corrected chi connectivity index (χ1v) is 7.62.